The van der Waals surface area contributed by atoms with E-state index in [1.807, 2.05) is 26.0 Å². The number of hydrogen-bond acceptors (Lipinski definition) is 4. The zero-order chi connectivity index (χ0) is 26.8. The van der Waals surface area contributed by atoms with E-state index >= 15 is 0 Å². The van der Waals surface area contributed by atoms with E-state index < -0.39 is 0 Å². The van der Waals surface area contributed by atoms with Gasteiger partial charge in [-0.2, -0.15) is 0 Å². The average Bonchev–Trinajstić information content (AvgIpc) is 2.74. The van der Waals surface area contributed by atoms with Gasteiger partial charge in [-0.1, -0.05) is 59.2 Å². The smallest absolute Gasteiger partial charge is 0.493 e. The second kappa shape index (κ2) is 16.5. The maximum Gasteiger partial charge on any atom is 1.00 e. The molecule has 0 aromatic heterocycles. The Morgan fingerprint density at radius 3 is 1.51 bits per heavy atom. The Hall–Kier alpha value is -1.46. The summed E-state index contributed by atoms with van der Waals surface area (Å²) in [5, 5.41) is 0.836. The number of carbonyl (C=O) groups is 1. The van der Waals surface area contributed by atoms with Crippen molar-refractivity contribution in [3.63, 3.8) is 0 Å². The third-order valence-electron chi connectivity index (χ3n) is 6.05. The van der Waals surface area contributed by atoms with E-state index in [2.05, 4.69) is 60.6 Å². The first-order chi connectivity index (χ1) is 17.0. The summed E-state index contributed by atoms with van der Waals surface area (Å²) in [7, 11) is -0.0953. The predicted octanol–water partition coefficient (Wildman–Crippen LogP) is 5.03. The molecule has 1 unspecified atom stereocenters. The van der Waals surface area contributed by atoms with Gasteiger partial charge < -0.3 is 14.2 Å². The Bertz CT molecular complexity index is 943. The topological polar surface area (TPSA) is 44.8 Å². The molecule has 0 radical (unpaired) electrons. The van der Waals surface area contributed by atoms with Crippen LogP contribution in [0.3, 0.4) is 0 Å². The van der Waals surface area contributed by atoms with E-state index in [-0.39, 0.29) is 33.0 Å². The summed E-state index contributed by atoms with van der Waals surface area (Å²) in [4.78, 5) is 13.6. The normalized spacial score (nSPS) is 11.5. The molecule has 2 rings (SSSR count). The van der Waals surface area contributed by atoms with Crippen molar-refractivity contribution in [1.82, 2.24) is 0 Å². The van der Waals surface area contributed by atoms with Crippen molar-refractivity contribution in [2.45, 2.75) is 81.6 Å². The van der Waals surface area contributed by atoms with E-state index in [0.29, 0.717) is 49.1 Å². The molecule has 0 saturated carbocycles. The molecule has 37 heavy (non-hydrogen) atoms. The number of carbonyl (C=O) groups excluding carboxylic acids is 1. The van der Waals surface area contributed by atoms with Crippen molar-refractivity contribution in [2.75, 3.05) is 19.8 Å². The van der Waals surface area contributed by atoms with E-state index in [4.69, 9.17) is 14.2 Å². The second-order valence-corrected chi connectivity index (χ2v) is 12.3. The maximum absolute atomic E-state index is 13.6. The molecule has 0 fully saturated rings. The van der Waals surface area contributed by atoms with Crippen molar-refractivity contribution < 1.29 is 37.9 Å². The number of ether oxygens (including phenoxy) is 3. The summed E-state index contributed by atoms with van der Waals surface area (Å²) >= 11 is 0. The molecule has 0 aliphatic carbocycles. The monoisotopic (exact) mass is 521 g/mol. The third-order valence-corrected chi connectivity index (χ3v) is 7.27. The van der Waals surface area contributed by atoms with Gasteiger partial charge in [-0.3, -0.25) is 4.79 Å². The quantitative estimate of drug-likeness (QED) is 0.244. The molecule has 6 heteroatoms. The number of aryl methyl sites for hydroxylation is 3. The van der Waals surface area contributed by atoms with Gasteiger partial charge in [0.15, 0.2) is 5.52 Å². The molecule has 0 aliphatic heterocycles. The standard InChI is InChI=1S/C31H47O4P.Li/c1-20(2)10-13-33-26-18-27(34-14-11-21(3)4)30(28(19-26)35-15-12-22(5)6)36-31(32)29-24(8)16-23(7)17-25(29)9;/h16-22,36H,10-15H2,1-9H3;/q;+1. The number of hydrogen-bond donors (Lipinski definition) is 0. The van der Waals surface area contributed by atoms with Crippen molar-refractivity contribution >= 4 is 19.4 Å². The van der Waals surface area contributed by atoms with Crippen LogP contribution >= 0.6 is 8.58 Å². The summed E-state index contributed by atoms with van der Waals surface area (Å²) in [5.74, 6) is 3.76. The molecule has 2 aromatic carbocycles. The molecule has 1 atom stereocenters. The van der Waals surface area contributed by atoms with Gasteiger partial charge in [0, 0.05) is 17.7 Å². The fraction of sp³-hybridized carbons (Fsp3) is 0.581. The molecule has 2 aromatic rings. The van der Waals surface area contributed by atoms with Gasteiger partial charge in [0.2, 0.25) is 0 Å². The SMILES string of the molecule is Cc1cc(C)c(C(=O)Pc2c(OCCC(C)C)cc(OCCC(C)C)cc2OCCC(C)C)c(C)c1.[Li+]. The summed E-state index contributed by atoms with van der Waals surface area (Å²) in [6, 6.07) is 8.05. The summed E-state index contributed by atoms with van der Waals surface area (Å²) < 4.78 is 18.7. The molecule has 0 bridgehead atoms. The van der Waals surface area contributed by atoms with Crippen LogP contribution in [0, 0.1) is 38.5 Å². The minimum absolute atomic E-state index is 0. The van der Waals surface area contributed by atoms with Crippen LogP contribution in [0.2, 0.25) is 0 Å². The Morgan fingerprint density at radius 2 is 1.11 bits per heavy atom. The fourth-order valence-electron chi connectivity index (χ4n) is 3.94. The molecule has 4 nitrogen and oxygen atoms in total. The zero-order valence-corrected chi connectivity index (χ0v) is 25.9. The minimum Gasteiger partial charge on any atom is -0.493 e. The predicted molar refractivity (Wildman–Crippen MR) is 154 cm³/mol. The van der Waals surface area contributed by atoms with Gasteiger partial charge in [-0.05, 0) is 77.5 Å². The fourth-order valence-corrected chi connectivity index (χ4v) is 5.22. The van der Waals surface area contributed by atoms with Crippen LogP contribution in [0.15, 0.2) is 24.3 Å². The molecule has 0 N–H and O–H groups in total. The van der Waals surface area contributed by atoms with E-state index in [1.54, 1.807) is 0 Å². The Kier molecular flexibility index (Phi) is 15.0. The largest absolute Gasteiger partial charge is 1.00 e. The van der Waals surface area contributed by atoms with E-state index in [1.165, 1.54) is 5.56 Å². The average molecular weight is 522 g/mol. The first kappa shape index (κ1) is 33.6. The molecule has 0 spiro atoms. The van der Waals surface area contributed by atoms with Crippen LogP contribution < -0.4 is 38.4 Å². The first-order valence-corrected chi connectivity index (χ1v) is 14.4. The molecule has 200 valence electrons. The number of rotatable bonds is 15. The van der Waals surface area contributed by atoms with Crippen LogP contribution in [0.1, 0.15) is 87.9 Å². The minimum atomic E-state index is -0.0953. The van der Waals surface area contributed by atoms with Gasteiger partial charge in [-0.25, -0.2) is 0 Å². The Morgan fingerprint density at radius 1 is 0.703 bits per heavy atom. The van der Waals surface area contributed by atoms with Crippen LogP contribution in [0.25, 0.3) is 0 Å². The van der Waals surface area contributed by atoms with E-state index in [0.717, 1.165) is 47.0 Å². The van der Waals surface area contributed by atoms with Crippen LogP contribution in [-0.2, 0) is 0 Å². The van der Waals surface area contributed by atoms with Crippen LogP contribution in [-0.4, -0.2) is 25.3 Å². The zero-order valence-electron chi connectivity index (χ0n) is 24.9. The molecule has 0 aliphatic rings. The van der Waals surface area contributed by atoms with Crippen LogP contribution in [0.5, 0.6) is 17.2 Å². The van der Waals surface area contributed by atoms with Gasteiger partial charge in [0.05, 0.1) is 25.1 Å². The first-order valence-electron chi connectivity index (χ1n) is 13.4. The summed E-state index contributed by atoms with van der Waals surface area (Å²) in [6.45, 7) is 21.0. The summed E-state index contributed by atoms with van der Waals surface area (Å²) in [6.07, 6.45) is 2.85. The van der Waals surface area contributed by atoms with Gasteiger partial charge in [0.1, 0.15) is 17.2 Å². The van der Waals surface area contributed by atoms with E-state index in [9.17, 15) is 4.79 Å². The van der Waals surface area contributed by atoms with Crippen molar-refractivity contribution in [1.29, 1.82) is 0 Å². The molecule has 0 amide bonds. The molecule has 0 heterocycles. The maximum atomic E-state index is 13.6. The Balaban J connectivity index is 0.00000684. The third kappa shape index (κ3) is 11.4. The Labute approximate surface area is 239 Å². The van der Waals surface area contributed by atoms with Gasteiger partial charge in [0.25, 0.3) is 0 Å². The molecule has 0 saturated heterocycles. The van der Waals surface area contributed by atoms with Gasteiger partial charge >= 0.3 is 18.9 Å². The van der Waals surface area contributed by atoms with Crippen molar-refractivity contribution in [2.24, 2.45) is 17.8 Å². The summed E-state index contributed by atoms with van der Waals surface area (Å²) in [5.41, 5.74) is 4.12. The van der Waals surface area contributed by atoms with Gasteiger partial charge in [-0.15, -0.1) is 0 Å². The van der Waals surface area contributed by atoms with Crippen molar-refractivity contribution in [3.05, 3.63) is 46.5 Å². The number of benzene rings is 2. The van der Waals surface area contributed by atoms with Crippen molar-refractivity contribution in [3.8, 4) is 17.2 Å². The molecular weight excluding hydrogens is 474 g/mol. The molecular formula is C31H47LiO4P+. The van der Waals surface area contributed by atoms with Crippen LogP contribution in [0.4, 0.5) is 0 Å². The second-order valence-electron chi connectivity index (χ2n) is 11.1.